The molecule has 1 aromatic carbocycles. The Labute approximate surface area is 101 Å². The molecule has 0 unspecified atom stereocenters. The molecule has 4 heteroatoms. The minimum Gasteiger partial charge on any atom is -0.495 e. The highest BCUT2D eigenvalue weighted by atomic mass is 35.5. The van der Waals surface area contributed by atoms with E-state index < -0.39 is 0 Å². The van der Waals surface area contributed by atoms with Gasteiger partial charge in [0.05, 0.1) is 18.7 Å². The zero-order valence-electron chi connectivity index (χ0n) is 9.62. The summed E-state index contributed by atoms with van der Waals surface area (Å²) < 4.78 is 10.3. The minimum absolute atomic E-state index is 0.177. The highest BCUT2D eigenvalue weighted by Crippen LogP contribution is 2.29. The van der Waals surface area contributed by atoms with Crippen molar-refractivity contribution in [1.29, 1.82) is 0 Å². The van der Waals surface area contributed by atoms with E-state index >= 15 is 0 Å². The number of aliphatic hydroxyl groups is 1. The Morgan fingerprint density at radius 3 is 2.56 bits per heavy atom. The molecule has 16 heavy (non-hydrogen) atoms. The second kappa shape index (κ2) is 6.74. The number of ether oxygens (including phenoxy) is 2. The van der Waals surface area contributed by atoms with Crippen LogP contribution in [0.3, 0.4) is 0 Å². The maximum absolute atomic E-state index is 8.83. The van der Waals surface area contributed by atoms with Crippen molar-refractivity contribution in [3.05, 3.63) is 28.3 Å². The van der Waals surface area contributed by atoms with Crippen molar-refractivity contribution in [3.8, 4) is 5.75 Å². The maximum Gasteiger partial charge on any atom is 0.137 e. The second-order valence-corrected chi connectivity index (χ2v) is 3.92. The monoisotopic (exact) mass is 244 g/mol. The van der Waals surface area contributed by atoms with Gasteiger partial charge in [0.1, 0.15) is 5.75 Å². The summed E-state index contributed by atoms with van der Waals surface area (Å²) in [6.07, 6.45) is 1.51. The highest BCUT2D eigenvalue weighted by Gasteiger charge is 2.08. The van der Waals surface area contributed by atoms with E-state index in [0.717, 1.165) is 24.0 Å². The van der Waals surface area contributed by atoms with Gasteiger partial charge in [0, 0.05) is 13.7 Å². The standard InChI is InChI=1S/C12H17ClO3/c1-15-8-10-7-12(16-2)11(13)6-9(10)4-3-5-14/h6-7,14H,3-5,8H2,1-2H3. The predicted molar refractivity (Wildman–Crippen MR) is 64.1 cm³/mol. The molecular formula is C12H17ClO3. The van der Waals surface area contributed by atoms with Crippen LogP contribution in [0, 0.1) is 0 Å². The summed E-state index contributed by atoms with van der Waals surface area (Å²) in [7, 11) is 3.24. The molecule has 0 saturated heterocycles. The van der Waals surface area contributed by atoms with Gasteiger partial charge in [-0.2, -0.15) is 0 Å². The van der Waals surface area contributed by atoms with E-state index in [1.54, 1.807) is 14.2 Å². The number of benzene rings is 1. The Morgan fingerprint density at radius 2 is 2.00 bits per heavy atom. The average molecular weight is 245 g/mol. The van der Waals surface area contributed by atoms with Gasteiger partial charge < -0.3 is 14.6 Å². The van der Waals surface area contributed by atoms with Gasteiger partial charge in [-0.25, -0.2) is 0 Å². The molecule has 1 N–H and O–H groups in total. The van der Waals surface area contributed by atoms with Crippen molar-refractivity contribution in [1.82, 2.24) is 0 Å². The van der Waals surface area contributed by atoms with Crippen LogP contribution in [-0.2, 0) is 17.8 Å². The third-order valence-corrected chi connectivity index (χ3v) is 2.67. The molecule has 1 aromatic rings. The summed E-state index contributed by atoms with van der Waals surface area (Å²) in [4.78, 5) is 0. The number of hydrogen-bond donors (Lipinski definition) is 1. The zero-order chi connectivity index (χ0) is 12.0. The first kappa shape index (κ1) is 13.3. The largest absolute Gasteiger partial charge is 0.495 e. The number of rotatable bonds is 6. The van der Waals surface area contributed by atoms with Gasteiger partial charge >= 0.3 is 0 Å². The van der Waals surface area contributed by atoms with Crippen LogP contribution in [0.1, 0.15) is 17.5 Å². The Hall–Kier alpha value is -0.770. The number of methoxy groups -OCH3 is 2. The van der Waals surface area contributed by atoms with Crippen LogP contribution >= 0.6 is 11.6 Å². The van der Waals surface area contributed by atoms with Crippen molar-refractivity contribution in [2.45, 2.75) is 19.4 Å². The van der Waals surface area contributed by atoms with Crippen LogP contribution in [0.25, 0.3) is 0 Å². The molecule has 0 fully saturated rings. The van der Waals surface area contributed by atoms with Crippen molar-refractivity contribution in [2.75, 3.05) is 20.8 Å². The highest BCUT2D eigenvalue weighted by molar-refractivity contribution is 6.32. The van der Waals surface area contributed by atoms with Gasteiger partial charge in [-0.15, -0.1) is 0 Å². The van der Waals surface area contributed by atoms with E-state index in [-0.39, 0.29) is 6.61 Å². The second-order valence-electron chi connectivity index (χ2n) is 3.52. The van der Waals surface area contributed by atoms with Crippen LogP contribution < -0.4 is 4.74 Å². The summed E-state index contributed by atoms with van der Waals surface area (Å²) >= 11 is 6.05. The quantitative estimate of drug-likeness (QED) is 0.835. The average Bonchev–Trinajstić information content (AvgIpc) is 2.29. The molecule has 0 radical (unpaired) electrons. The van der Waals surface area contributed by atoms with Gasteiger partial charge in [-0.3, -0.25) is 0 Å². The molecule has 0 bridgehead atoms. The van der Waals surface area contributed by atoms with Crippen molar-refractivity contribution < 1.29 is 14.6 Å². The Morgan fingerprint density at radius 1 is 1.25 bits per heavy atom. The lowest BCUT2D eigenvalue weighted by molar-refractivity contribution is 0.183. The van der Waals surface area contributed by atoms with Crippen LogP contribution in [0.4, 0.5) is 0 Å². The van der Waals surface area contributed by atoms with Gasteiger partial charge in [0.15, 0.2) is 0 Å². The lowest BCUT2D eigenvalue weighted by Crippen LogP contribution is -1.99. The van der Waals surface area contributed by atoms with Gasteiger partial charge in [-0.1, -0.05) is 11.6 Å². The van der Waals surface area contributed by atoms with E-state index in [1.165, 1.54) is 0 Å². The Bertz CT molecular complexity index is 339. The topological polar surface area (TPSA) is 38.7 Å². The SMILES string of the molecule is COCc1cc(OC)c(Cl)cc1CCCO. The van der Waals surface area contributed by atoms with Crippen molar-refractivity contribution in [2.24, 2.45) is 0 Å². The number of aliphatic hydroxyl groups excluding tert-OH is 1. The smallest absolute Gasteiger partial charge is 0.137 e. The summed E-state index contributed by atoms with van der Waals surface area (Å²) in [5.74, 6) is 0.654. The molecule has 0 aliphatic rings. The molecule has 0 atom stereocenters. The van der Waals surface area contributed by atoms with E-state index in [1.807, 2.05) is 12.1 Å². The molecule has 0 amide bonds. The lowest BCUT2D eigenvalue weighted by Gasteiger charge is -2.12. The number of halogens is 1. The fourth-order valence-corrected chi connectivity index (χ4v) is 1.85. The Balaban J connectivity index is 2.98. The van der Waals surface area contributed by atoms with Crippen molar-refractivity contribution in [3.63, 3.8) is 0 Å². The molecule has 0 aliphatic carbocycles. The summed E-state index contributed by atoms with van der Waals surface area (Å²) in [5.41, 5.74) is 2.15. The fraction of sp³-hybridized carbons (Fsp3) is 0.500. The van der Waals surface area contributed by atoms with Crippen LogP contribution in [0.5, 0.6) is 5.75 Å². The maximum atomic E-state index is 8.83. The molecular weight excluding hydrogens is 228 g/mol. The predicted octanol–water partition coefficient (Wildman–Crippen LogP) is 2.42. The molecule has 0 aromatic heterocycles. The molecule has 0 aliphatic heterocycles. The minimum atomic E-state index is 0.177. The first-order valence-corrected chi connectivity index (χ1v) is 5.55. The summed E-state index contributed by atoms with van der Waals surface area (Å²) in [5, 5.41) is 9.42. The first-order valence-electron chi connectivity index (χ1n) is 5.18. The summed E-state index contributed by atoms with van der Waals surface area (Å²) in [6.45, 7) is 0.699. The third-order valence-electron chi connectivity index (χ3n) is 2.38. The van der Waals surface area contributed by atoms with E-state index in [2.05, 4.69) is 0 Å². The molecule has 3 nitrogen and oxygen atoms in total. The number of hydrogen-bond acceptors (Lipinski definition) is 3. The van der Waals surface area contributed by atoms with Crippen LogP contribution in [0.15, 0.2) is 12.1 Å². The molecule has 90 valence electrons. The van der Waals surface area contributed by atoms with Gasteiger partial charge in [0.25, 0.3) is 0 Å². The van der Waals surface area contributed by atoms with Gasteiger partial charge in [0.2, 0.25) is 0 Å². The normalized spacial score (nSPS) is 10.5. The fourth-order valence-electron chi connectivity index (χ4n) is 1.59. The van der Waals surface area contributed by atoms with Crippen LogP contribution in [-0.4, -0.2) is 25.9 Å². The zero-order valence-corrected chi connectivity index (χ0v) is 10.4. The van der Waals surface area contributed by atoms with Gasteiger partial charge in [-0.05, 0) is 36.1 Å². The van der Waals surface area contributed by atoms with Crippen molar-refractivity contribution >= 4 is 11.6 Å². The molecule has 0 heterocycles. The molecule has 0 saturated carbocycles. The van der Waals surface area contributed by atoms with E-state index in [9.17, 15) is 0 Å². The Kier molecular flexibility index (Phi) is 5.60. The van der Waals surface area contributed by atoms with E-state index in [4.69, 9.17) is 26.2 Å². The summed E-state index contributed by atoms with van der Waals surface area (Å²) in [6, 6.07) is 3.77. The van der Waals surface area contributed by atoms with E-state index in [0.29, 0.717) is 17.4 Å². The lowest BCUT2D eigenvalue weighted by atomic mass is 10.0. The third kappa shape index (κ3) is 3.37. The van der Waals surface area contributed by atoms with Crippen LogP contribution in [0.2, 0.25) is 5.02 Å². The molecule has 1 rings (SSSR count). The molecule has 0 spiro atoms. The first-order chi connectivity index (χ1) is 7.72. The number of aryl methyl sites for hydroxylation is 1.